The van der Waals surface area contributed by atoms with Gasteiger partial charge in [-0.3, -0.25) is 0 Å². The highest BCUT2D eigenvalue weighted by molar-refractivity contribution is 5.74. The van der Waals surface area contributed by atoms with Crippen LogP contribution in [0.3, 0.4) is 0 Å². The molecule has 21 heavy (non-hydrogen) atoms. The largest absolute Gasteiger partial charge is 0.492 e. The number of anilines is 2. The fourth-order valence-electron chi connectivity index (χ4n) is 1.90. The molecule has 0 atom stereocenters. The average molecular weight is 281 g/mol. The monoisotopic (exact) mass is 281 g/mol. The second-order valence-corrected chi connectivity index (χ2v) is 4.41. The number of aromatic nitrogens is 3. The molecule has 2 aromatic carbocycles. The maximum atomic E-state index is 5.48. The lowest BCUT2D eigenvalue weighted by Gasteiger charge is -2.08. The van der Waals surface area contributed by atoms with Crippen LogP contribution in [-0.4, -0.2) is 28.3 Å². The number of fused-ring (bicyclic) bond motifs is 1. The Labute approximate surface area is 122 Å². The van der Waals surface area contributed by atoms with Crippen molar-refractivity contribution >= 4 is 22.7 Å². The van der Waals surface area contributed by atoms with Gasteiger partial charge in [0.25, 0.3) is 0 Å². The Morgan fingerprint density at radius 2 is 1.86 bits per heavy atom. The zero-order valence-electron chi connectivity index (χ0n) is 11.4. The quantitative estimate of drug-likeness (QED) is 0.745. The van der Waals surface area contributed by atoms with E-state index in [-0.39, 0.29) is 0 Å². The Morgan fingerprint density at radius 3 is 2.71 bits per heavy atom. The van der Waals surface area contributed by atoms with E-state index in [4.69, 9.17) is 10.5 Å². The molecule has 0 amide bonds. The number of nitrogens with one attached hydrogen (secondary N) is 1. The summed E-state index contributed by atoms with van der Waals surface area (Å²) in [6.45, 7) is 0.965. The summed E-state index contributed by atoms with van der Waals surface area (Å²) in [5.74, 6) is 1.20. The fourth-order valence-corrected chi connectivity index (χ4v) is 1.90. The first-order valence-corrected chi connectivity index (χ1v) is 6.64. The van der Waals surface area contributed by atoms with Crippen LogP contribution < -0.4 is 15.8 Å². The standard InChI is InChI=1S/C15H15N5O/c16-8-9-21-12-5-3-4-11(10-12)17-15-18-13-6-1-2-7-14(13)19-20-15/h1-7,10H,8-9,16H2,(H,17,18,20). The van der Waals surface area contributed by atoms with Crippen molar-refractivity contribution in [2.45, 2.75) is 0 Å². The predicted octanol–water partition coefficient (Wildman–Crippen LogP) is 2.11. The van der Waals surface area contributed by atoms with Gasteiger partial charge in [-0.05, 0) is 24.3 Å². The average Bonchev–Trinajstić information content (AvgIpc) is 2.53. The van der Waals surface area contributed by atoms with Gasteiger partial charge >= 0.3 is 0 Å². The SMILES string of the molecule is NCCOc1cccc(Nc2nnc3ccccc3n2)c1. The molecule has 0 aliphatic heterocycles. The molecule has 1 heterocycles. The molecule has 0 saturated carbocycles. The zero-order valence-corrected chi connectivity index (χ0v) is 11.4. The molecule has 106 valence electrons. The highest BCUT2D eigenvalue weighted by atomic mass is 16.5. The van der Waals surface area contributed by atoms with Crippen molar-refractivity contribution in [3.63, 3.8) is 0 Å². The second-order valence-electron chi connectivity index (χ2n) is 4.41. The second kappa shape index (κ2) is 6.15. The van der Waals surface area contributed by atoms with Crippen LogP contribution in [0.25, 0.3) is 11.0 Å². The lowest BCUT2D eigenvalue weighted by Crippen LogP contribution is -2.10. The van der Waals surface area contributed by atoms with Gasteiger partial charge < -0.3 is 15.8 Å². The maximum Gasteiger partial charge on any atom is 0.247 e. The van der Waals surface area contributed by atoms with E-state index in [2.05, 4.69) is 20.5 Å². The van der Waals surface area contributed by atoms with Crippen LogP contribution in [0.4, 0.5) is 11.6 Å². The summed E-state index contributed by atoms with van der Waals surface area (Å²) in [5, 5.41) is 11.3. The topological polar surface area (TPSA) is 86.0 Å². The summed E-state index contributed by atoms with van der Waals surface area (Å²) in [7, 11) is 0. The lowest BCUT2D eigenvalue weighted by atomic mass is 10.3. The number of nitrogens with zero attached hydrogens (tertiary/aromatic N) is 3. The minimum atomic E-state index is 0.449. The van der Waals surface area contributed by atoms with Crippen molar-refractivity contribution in [2.75, 3.05) is 18.5 Å². The molecular formula is C15H15N5O. The van der Waals surface area contributed by atoms with Gasteiger partial charge in [-0.1, -0.05) is 18.2 Å². The molecule has 6 heteroatoms. The van der Waals surface area contributed by atoms with Crippen molar-refractivity contribution in [2.24, 2.45) is 5.73 Å². The van der Waals surface area contributed by atoms with E-state index in [1.807, 2.05) is 48.5 Å². The highest BCUT2D eigenvalue weighted by Crippen LogP contribution is 2.20. The normalized spacial score (nSPS) is 10.5. The van der Waals surface area contributed by atoms with Gasteiger partial charge in [0.1, 0.15) is 17.9 Å². The van der Waals surface area contributed by atoms with Gasteiger partial charge in [0, 0.05) is 18.3 Å². The highest BCUT2D eigenvalue weighted by Gasteiger charge is 2.02. The van der Waals surface area contributed by atoms with Gasteiger partial charge in [0.15, 0.2) is 0 Å². The number of hydrogen-bond acceptors (Lipinski definition) is 6. The Morgan fingerprint density at radius 1 is 1.00 bits per heavy atom. The van der Waals surface area contributed by atoms with Crippen molar-refractivity contribution in [1.29, 1.82) is 0 Å². The van der Waals surface area contributed by atoms with E-state index >= 15 is 0 Å². The molecule has 0 unspecified atom stereocenters. The van der Waals surface area contributed by atoms with Crippen LogP contribution in [0, 0.1) is 0 Å². The first-order chi connectivity index (χ1) is 10.3. The van der Waals surface area contributed by atoms with Gasteiger partial charge in [-0.25, -0.2) is 4.98 Å². The van der Waals surface area contributed by atoms with Crippen LogP contribution in [-0.2, 0) is 0 Å². The number of hydrogen-bond donors (Lipinski definition) is 2. The first kappa shape index (κ1) is 13.3. The van der Waals surface area contributed by atoms with Crippen LogP contribution in [0.1, 0.15) is 0 Å². The molecule has 0 bridgehead atoms. The molecule has 0 saturated heterocycles. The third-order valence-electron chi connectivity index (χ3n) is 2.84. The lowest BCUT2D eigenvalue weighted by molar-refractivity contribution is 0.328. The third-order valence-corrected chi connectivity index (χ3v) is 2.84. The van der Waals surface area contributed by atoms with Crippen LogP contribution in [0.2, 0.25) is 0 Å². The number of para-hydroxylation sites is 1. The summed E-state index contributed by atoms with van der Waals surface area (Å²) in [6.07, 6.45) is 0. The van der Waals surface area contributed by atoms with E-state index < -0.39 is 0 Å². The number of nitrogens with two attached hydrogens (primary N) is 1. The third kappa shape index (κ3) is 3.24. The minimum absolute atomic E-state index is 0.449. The van der Waals surface area contributed by atoms with Gasteiger partial charge in [-0.15, -0.1) is 10.2 Å². The van der Waals surface area contributed by atoms with Crippen molar-refractivity contribution < 1.29 is 4.74 Å². The van der Waals surface area contributed by atoms with Crippen molar-refractivity contribution in [1.82, 2.24) is 15.2 Å². The summed E-state index contributed by atoms with van der Waals surface area (Å²) in [4.78, 5) is 4.42. The summed E-state index contributed by atoms with van der Waals surface area (Å²) < 4.78 is 5.48. The molecule has 0 aliphatic rings. The number of ether oxygens (including phenoxy) is 1. The molecule has 3 rings (SSSR count). The summed E-state index contributed by atoms with van der Waals surface area (Å²) in [6, 6.07) is 15.1. The minimum Gasteiger partial charge on any atom is -0.492 e. The van der Waals surface area contributed by atoms with E-state index in [0.717, 1.165) is 22.5 Å². The first-order valence-electron chi connectivity index (χ1n) is 6.64. The summed E-state index contributed by atoms with van der Waals surface area (Å²) >= 11 is 0. The Kier molecular flexibility index (Phi) is 3.88. The smallest absolute Gasteiger partial charge is 0.247 e. The number of benzene rings is 2. The van der Waals surface area contributed by atoms with Gasteiger partial charge in [-0.2, -0.15) is 0 Å². The van der Waals surface area contributed by atoms with Crippen LogP contribution in [0.15, 0.2) is 48.5 Å². The maximum absolute atomic E-state index is 5.48. The Bertz CT molecular complexity index is 747. The number of rotatable bonds is 5. The van der Waals surface area contributed by atoms with Crippen LogP contribution >= 0.6 is 0 Å². The molecule has 3 aromatic rings. The Hall–Kier alpha value is -2.73. The van der Waals surface area contributed by atoms with E-state index in [0.29, 0.717) is 19.1 Å². The van der Waals surface area contributed by atoms with E-state index in [9.17, 15) is 0 Å². The van der Waals surface area contributed by atoms with Gasteiger partial charge in [0.2, 0.25) is 5.95 Å². The molecule has 0 fully saturated rings. The van der Waals surface area contributed by atoms with E-state index in [1.165, 1.54) is 0 Å². The van der Waals surface area contributed by atoms with Crippen molar-refractivity contribution in [3.05, 3.63) is 48.5 Å². The predicted molar refractivity (Wildman–Crippen MR) is 81.6 cm³/mol. The van der Waals surface area contributed by atoms with Crippen molar-refractivity contribution in [3.8, 4) is 5.75 Å². The fraction of sp³-hybridized carbons (Fsp3) is 0.133. The Balaban J connectivity index is 1.81. The molecule has 1 aromatic heterocycles. The van der Waals surface area contributed by atoms with Crippen LogP contribution in [0.5, 0.6) is 5.75 Å². The zero-order chi connectivity index (χ0) is 14.5. The molecule has 0 spiro atoms. The molecule has 6 nitrogen and oxygen atoms in total. The molecular weight excluding hydrogens is 266 g/mol. The molecule has 0 aliphatic carbocycles. The summed E-state index contributed by atoms with van der Waals surface area (Å²) in [5.41, 5.74) is 7.82. The molecule has 3 N–H and O–H groups in total. The molecule has 0 radical (unpaired) electrons. The van der Waals surface area contributed by atoms with Gasteiger partial charge in [0.05, 0.1) is 5.52 Å². The van der Waals surface area contributed by atoms with E-state index in [1.54, 1.807) is 0 Å².